The first-order valence-electron chi connectivity index (χ1n) is 7.55. The Morgan fingerprint density at radius 2 is 1.95 bits per heavy atom. The lowest BCUT2D eigenvalue weighted by Crippen LogP contribution is -2.38. The predicted molar refractivity (Wildman–Crippen MR) is 88.9 cm³/mol. The van der Waals surface area contributed by atoms with Gasteiger partial charge in [0.25, 0.3) is 0 Å². The third kappa shape index (κ3) is 6.22. The smallest absolute Gasteiger partial charge is 0.191 e. The molecule has 6 heteroatoms. The van der Waals surface area contributed by atoms with E-state index in [0.717, 1.165) is 36.1 Å². The number of nitrogens with one attached hydrogen (secondary N) is 2. The van der Waals surface area contributed by atoms with Gasteiger partial charge < -0.3 is 24.8 Å². The van der Waals surface area contributed by atoms with Crippen molar-refractivity contribution in [2.24, 2.45) is 4.99 Å². The van der Waals surface area contributed by atoms with Gasteiger partial charge in [0.05, 0.1) is 26.9 Å². The molecule has 0 fully saturated rings. The second-order valence-corrected chi connectivity index (χ2v) is 4.53. The summed E-state index contributed by atoms with van der Waals surface area (Å²) in [5.74, 6) is 2.25. The summed E-state index contributed by atoms with van der Waals surface area (Å²) in [6, 6.07) is 5.86. The molecule has 6 nitrogen and oxygen atoms in total. The molecule has 0 aliphatic carbocycles. The summed E-state index contributed by atoms with van der Waals surface area (Å²) in [6.45, 7) is 7.32. The zero-order chi connectivity index (χ0) is 16.2. The van der Waals surface area contributed by atoms with Crippen molar-refractivity contribution in [3.05, 3.63) is 23.8 Å². The van der Waals surface area contributed by atoms with E-state index in [9.17, 15) is 0 Å². The molecule has 1 rings (SSSR count). The summed E-state index contributed by atoms with van der Waals surface area (Å²) in [7, 11) is 3.32. The van der Waals surface area contributed by atoms with E-state index < -0.39 is 0 Å². The largest absolute Gasteiger partial charge is 0.493 e. The van der Waals surface area contributed by atoms with Crippen molar-refractivity contribution in [2.75, 3.05) is 40.5 Å². The van der Waals surface area contributed by atoms with E-state index in [1.54, 1.807) is 14.2 Å². The number of rotatable bonds is 9. The summed E-state index contributed by atoms with van der Waals surface area (Å²) >= 11 is 0. The number of benzene rings is 1. The SMILES string of the molecule is CCNC(=NCc1ccc(OC)c(OCC)c1)NCCOC. The van der Waals surface area contributed by atoms with Crippen LogP contribution in [0.3, 0.4) is 0 Å². The standard InChI is InChI=1S/C16H27N3O3/c1-5-17-16(18-9-10-20-3)19-12-13-7-8-14(21-4)15(11-13)22-6-2/h7-8,11H,5-6,9-10,12H2,1-4H3,(H2,17,18,19). The fraction of sp³-hybridized carbons (Fsp3) is 0.562. The molecule has 0 heterocycles. The predicted octanol–water partition coefficient (Wildman–Crippen LogP) is 1.80. The van der Waals surface area contributed by atoms with E-state index in [4.69, 9.17) is 14.2 Å². The third-order valence-corrected chi connectivity index (χ3v) is 2.89. The maximum absolute atomic E-state index is 5.58. The minimum Gasteiger partial charge on any atom is -0.493 e. The van der Waals surface area contributed by atoms with Gasteiger partial charge in [-0.15, -0.1) is 0 Å². The van der Waals surface area contributed by atoms with Crippen LogP contribution < -0.4 is 20.1 Å². The molecule has 0 radical (unpaired) electrons. The first-order chi connectivity index (χ1) is 10.7. The minimum atomic E-state index is 0.562. The highest BCUT2D eigenvalue weighted by Crippen LogP contribution is 2.28. The zero-order valence-electron chi connectivity index (χ0n) is 13.9. The number of guanidine groups is 1. The second kappa shape index (κ2) is 10.7. The number of hydrogen-bond donors (Lipinski definition) is 2. The lowest BCUT2D eigenvalue weighted by Gasteiger charge is -2.12. The Morgan fingerprint density at radius 3 is 2.59 bits per heavy atom. The Hall–Kier alpha value is -1.95. The zero-order valence-corrected chi connectivity index (χ0v) is 13.9. The minimum absolute atomic E-state index is 0.562. The van der Waals surface area contributed by atoms with Gasteiger partial charge in [0, 0.05) is 20.2 Å². The maximum atomic E-state index is 5.58. The Kier molecular flexibility index (Phi) is 8.83. The summed E-state index contributed by atoms with van der Waals surface area (Å²) in [6.07, 6.45) is 0. The number of hydrogen-bond acceptors (Lipinski definition) is 4. The lowest BCUT2D eigenvalue weighted by molar-refractivity contribution is 0.203. The van der Waals surface area contributed by atoms with Gasteiger partial charge in [-0.3, -0.25) is 0 Å². The van der Waals surface area contributed by atoms with E-state index in [1.807, 2.05) is 32.0 Å². The second-order valence-electron chi connectivity index (χ2n) is 4.53. The highest BCUT2D eigenvalue weighted by atomic mass is 16.5. The van der Waals surface area contributed by atoms with Crippen molar-refractivity contribution in [3.8, 4) is 11.5 Å². The summed E-state index contributed by atoms with van der Waals surface area (Å²) in [5.41, 5.74) is 1.06. The number of ether oxygens (including phenoxy) is 3. The maximum Gasteiger partial charge on any atom is 0.191 e. The van der Waals surface area contributed by atoms with Gasteiger partial charge in [-0.2, -0.15) is 0 Å². The van der Waals surface area contributed by atoms with Gasteiger partial charge in [0.1, 0.15) is 0 Å². The van der Waals surface area contributed by atoms with Crippen molar-refractivity contribution < 1.29 is 14.2 Å². The first kappa shape index (κ1) is 18.1. The molecule has 0 amide bonds. The molecule has 2 N–H and O–H groups in total. The number of nitrogens with zero attached hydrogens (tertiary/aromatic N) is 1. The number of aliphatic imine (C=N–C) groups is 1. The molecule has 0 saturated heterocycles. The van der Waals surface area contributed by atoms with Crippen LogP contribution in [-0.2, 0) is 11.3 Å². The fourth-order valence-corrected chi connectivity index (χ4v) is 1.87. The van der Waals surface area contributed by atoms with Crippen LogP contribution in [0.4, 0.5) is 0 Å². The highest BCUT2D eigenvalue weighted by molar-refractivity contribution is 5.79. The molecule has 0 aromatic heterocycles. The lowest BCUT2D eigenvalue weighted by atomic mass is 10.2. The van der Waals surface area contributed by atoms with Crippen LogP contribution in [0.15, 0.2) is 23.2 Å². The summed E-state index contributed by atoms with van der Waals surface area (Å²) < 4.78 is 15.9. The van der Waals surface area contributed by atoms with Crippen molar-refractivity contribution >= 4 is 5.96 Å². The van der Waals surface area contributed by atoms with Crippen LogP contribution in [0.5, 0.6) is 11.5 Å². The molecule has 124 valence electrons. The topological polar surface area (TPSA) is 64.1 Å². The van der Waals surface area contributed by atoms with Crippen molar-refractivity contribution in [1.29, 1.82) is 0 Å². The quantitative estimate of drug-likeness (QED) is 0.414. The Morgan fingerprint density at radius 1 is 1.14 bits per heavy atom. The van der Waals surface area contributed by atoms with Crippen molar-refractivity contribution in [1.82, 2.24) is 10.6 Å². The van der Waals surface area contributed by atoms with E-state index >= 15 is 0 Å². The van der Waals surface area contributed by atoms with Gasteiger partial charge in [-0.25, -0.2) is 4.99 Å². The van der Waals surface area contributed by atoms with Crippen molar-refractivity contribution in [3.63, 3.8) is 0 Å². The molecule has 0 bridgehead atoms. The Labute approximate surface area is 132 Å². The van der Waals surface area contributed by atoms with Gasteiger partial charge in [0.2, 0.25) is 0 Å². The molecule has 0 saturated carbocycles. The van der Waals surface area contributed by atoms with Gasteiger partial charge >= 0.3 is 0 Å². The van der Waals surface area contributed by atoms with Crippen LogP contribution in [0.25, 0.3) is 0 Å². The Balaban J connectivity index is 2.73. The molecular formula is C16H27N3O3. The molecule has 1 aromatic carbocycles. The van der Waals surface area contributed by atoms with Crippen LogP contribution >= 0.6 is 0 Å². The van der Waals surface area contributed by atoms with Crippen LogP contribution in [0.2, 0.25) is 0 Å². The molecule has 1 aromatic rings. The third-order valence-electron chi connectivity index (χ3n) is 2.89. The van der Waals surface area contributed by atoms with Crippen molar-refractivity contribution in [2.45, 2.75) is 20.4 Å². The normalized spacial score (nSPS) is 11.2. The fourth-order valence-electron chi connectivity index (χ4n) is 1.87. The first-order valence-corrected chi connectivity index (χ1v) is 7.55. The van der Waals surface area contributed by atoms with E-state index in [0.29, 0.717) is 19.8 Å². The van der Waals surface area contributed by atoms with Crippen LogP contribution in [0, 0.1) is 0 Å². The molecular weight excluding hydrogens is 282 g/mol. The van der Waals surface area contributed by atoms with E-state index in [2.05, 4.69) is 15.6 Å². The summed E-state index contributed by atoms with van der Waals surface area (Å²) in [4.78, 5) is 4.55. The number of methoxy groups -OCH3 is 2. The average Bonchev–Trinajstić information content (AvgIpc) is 2.53. The monoisotopic (exact) mass is 309 g/mol. The summed E-state index contributed by atoms with van der Waals surface area (Å²) in [5, 5.41) is 6.41. The molecule has 0 unspecified atom stereocenters. The molecule has 0 spiro atoms. The van der Waals surface area contributed by atoms with Gasteiger partial charge in [-0.05, 0) is 31.5 Å². The molecule has 0 atom stereocenters. The van der Waals surface area contributed by atoms with Gasteiger partial charge in [-0.1, -0.05) is 6.07 Å². The van der Waals surface area contributed by atoms with Crippen LogP contribution in [0.1, 0.15) is 19.4 Å². The highest BCUT2D eigenvalue weighted by Gasteiger charge is 2.05. The molecule has 22 heavy (non-hydrogen) atoms. The van der Waals surface area contributed by atoms with Crippen LogP contribution in [-0.4, -0.2) is 46.5 Å². The molecule has 0 aliphatic heterocycles. The van der Waals surface area contributed by atoms with E-state index in [-0.39, 0.29) is 0 Å². The Bertz CT molecular complexity index is 464. The van der Waals surface area contributed by atoms with Gasteiger partial charge in [0.15, 0.2) is 17.5 Å². The average molecular weight is 309 g/mol. The molecule has 0 aliphatic rings. The van der Waals surface area contributed by atoms with E-state index in [1.165, 1.54) is 0 Å².